The number of hydrogen-bond acceptors (Lipinski definition) is 4. The summed E-state index contributed by atoms with van der Waals surface area (Å²) in [6, 6.07) is 17.1. The molecule has 0 unspecified atom stereocenters. The number of rotatable bonds is 2. The molecule has 0 aliphatic carbocycles. The first-order valence-electron chi connectivity index (χ1n) is 7.11. The molecule has 23 heavy (non-hydrogen) atoms. The molecule has 4 rings (SSSR count). The molecule has 5 heteroatoms. The molecule has 0 fully saturated rings. The van der Waals surface area contributed by atoms with Gasteiger partial charge in [0.25, 0.3) is 0 Å². The monoisotopic (exact) mass is 297 g/mol. The zero-order chi connectivity index (χ0) is 15.6. The van der Waals surface area contributed by atoms with Crippen molar-refractivity contribution in [3.8, 4) is 23.0 Å². The summed E-state index contributed by atoms with van der Waals surface area (Å²) < 4.78 is 1.76. The molecule has 0 aliphatic rings. The van der Waals surface area contributed by atoms with E-state index in [9.17, 15) is 0 Å². The zero-order valence-corrected chi connectivity index (χ0v) is 12.1. The lowest BCUT2D eigenvalue weighted by atomic mass is 10.2. The summed E-state index contributed by atoms with van der Waals surface area (Å²) in [5.41, 5.74) is 4.92. The van der Waals surface area contributed by atoms with Crippen molar-refractivity contribution in [3.63, 3.8) is 0 Å². The molecule has 2 aromatic carbocycles. The number of para-hydroxylation sites is 2. The molecular weight excluding hydrogens is 286 g/mol. The second-order valence-corrected chi connectivity index (χ2v) is 5.08. The second-order valence-electron chi connectivity index (χ2n) is 5.08. The Morgan fingerprint density at radius 1 is 0.913 bits per heavy atom. The highest BCUT2D eigenvalue weighted by Crippen LogP contribution is 2.20. The van der Waals surface area contributed by atoms with Crippen molar-refractivity contribution >= 4 is 11.0 Å². The van der Waals surface area contributed by atoms with Gasteiger partial charge >= 0.3 is 0 Å². The van der Waals surface area contributed by atoms with Gasteiger partial charge in [0.2, 0.25) is 0 Å². The zero-order valence-electron chi connectivity index (χ0n) is 12.1. The van der Waals surface area contributed by atoms with Gasteiger partial charge in [0.1, 0.15) is 0 Å². The predicted octanol–water partition coefficient (Wildman–Crippen LogP) is 3.35. The van der Waals surface area contributed by atoms with Crippen LogP contribution in [0.25, 0.3) is 28.0 Å². The van der Waals surface area contributed by atoms with Gasteiger partial charge in [0.15, 0.2) is 0 Å². The van der Waals surface area contributed by atoms with E-state index < -0.39 is 0 Å². The van der Waals surface area contributed by atoms with Crippen LogP contribution in [0.4, 0.5) is 0 Å². The summed E-state index contributed by atoms with van der Waals surface area (Å²) in [6.07, 6.45) is 5.42. The Hall–Kier alpha value is -3.52. The van der Waals surface area contributed by atoms with E-state index in [1.54, 1.807) is 29.2 Å². The number of nitrogens with zero attached hydrogens (tertiary/aromatic N) is 5. The van der Waals surface area contributed by atoms with Crippen molar-refractivity contribution in [3.05, 3.63) is 72.7 Å². The summed E-state index contributed by atoms with van der Waals surface area (Å²) in [5.74, 6) is 0. The van der Waals surface area contributed by atoms with Gasteiger partial charge in [-0.15, -0.1) is 0 Å². The van der Waals surface area contributed by atoms with E-state index in [0.717, 1.165) is 28.0 Å². The predicted molar refractivity (Wildman–Crippen MR) is 86.8 cm³/mol. The first-order chi connectivity index (χ1) is 11.3. The lowest BCUT2D eigenvalue weighted by Gasteiger charge is -2.01. The molecule has 0 saturated carbocycles. The maximum atomic E-state index is 8.85. The first kappa shape index (κ1) is 13.2. The maximum absolute atomic E-state index is 8.85. The van der Waals surface area contributed by atoms with Crippen LogP contribution in [0.5, 0.6) is 0 Å². The summed E-state index contributed by atoms with van der Waals surface area (Å²) in [6.45, 7) is 0. The smallest absolute Gasteiger partial charge is 0.0991 e. The Morgan fingerprint density at radius 3 is 2.48 bits per heavy atom. The topological polar surface area (TPSA) is 67.4 Å². The van der Waals surface area contributed by atoms with Crippen LogP contribution in [0.1, 0.15) is 5.56 Å². The molecule has 0 N–H and O–H groups in total. The highest BCUT2D eigenvalue weighted by atomic mass is 15.3. The fourth-order valence-corrected chi connectivity index (χ4v) is 2.38. The Bertz CT molecular complexity index is 1030. The Kier molecular flexibility index (Phi) is 3.06. The van der Waals surface area contributed by atoms with E-state index >= 15 is 0 Å². The average molecular weight is 297 g/mol. The highest BCUT2D eigenvalue weighted by molar-refractivity contribution is 5.76. The normalized spacial score (nSPS) is 10.6. The molecule has 0 atom stereocenters. The molecule has 0 radical (unpaired) electrons. The lowest BCUT2D eigenvalue weighted by Crippen LogP contribution is -1.93. The molecule has 0 saturated heterocycles. The van der Waals surface area contributed by atoms with Crippen LogP contribution in [0, 0.1) is 11.3 Å². The van der Waals surface area contributed by atoms with E-state index in [1.165, 1.54) is 0 Å². The Morgan fingerprint density at radius 2 is 1.70 bits per heavy atom. The van der Waals surface area contributed by atoms with Gasteiger partial charge in [0, 0.05) is 11.8 Å². The number of hydrogen-bond donors (Lipinski definition) is 0. The van der Waals surface area contributed by atoms with Crippen molar-refractivity contribution in [1.29, 1.82) is 5.26 Å². The SMILES string of the molecule is N#Cc1ccc(-n2cc(-c3cnc4ccccc4n3)cn2)cc1. The molecule has 0 bridgehead atoms. The van der Waals surface area contributed by atoms with Crippen LogP contribution in [0.15, 0.2) is 67.1 Å². The summed E-state index contributed by atoms with van der Waals surface area (Å²) in [7, 11) is 0. The van der Waals surface area contributed by atoms with E-state index in [-0.39, 0.29) is 0 Å². The van der Waals surface area contributed by atoms with Gasteiger partial charge in [-0.05, 0) is 36.4 Å². The first-order valence-corrected chi connectivity index (χ1v) is 7.11. The molecule has 5 nitrogen and oxygen atoms in total. The molecule has 4 aromatic rings. The summed E-state index contributed by atoms with van der Waals surface area (Å²) >= 11 is 0. The third-order valence-corrected chi connectivity index (χ3v) is 3.59. The number of aromatic nitrogens is 4. The largest absolute Gasteiger partial charge is 0.252 e. The number of benzene rings is 2. The molecule has 2 heterocycles. The fraction of sp³-hybridized carbons (Fsp3) is 0. The van der Waals surface area contributed by atoms with Crippen LogP contribution < -0.4 is 0 Å². The van der Waals surface area contributed by atoms with Crippen molar-refractivity contribution in [2.45, 2.75) is 0 Å². The van der Waals surface area contributed by atoms with E-state index in [2.05, 4.69) is 21.1 Å². The van der Waals surface area contributed by atoms with Gasteiger partial charge in [-0.2, -0.15) is 10.4 Å². The quantitative estimate of drug-likeness (QED) is 0.569. The van der Waals surface area contributed by atoms with Crippen LogP contribution >= 0.6 is 0 Å². The fourth-order valence-electron chi connectivity index (χ4n) is 2.38. The van der Waals surface area contributed by atoms with Crippen LogP contribution in [0.2, 0.25) is 0 Å². The van der Waals surface area contributed by atoms with E-state index in [0.29, 0.717) is 5.56 Å². The van der Waals surface area contributed by atoms with Crippen LogP contribution in [-0.2, 0) is 0 Å². The van der Waals surface area contributed by atoms with Gasteiger partial charge in [-0.1, -0.05) is 12.1 Å². The summed E-state index contributed by atoms with van der Waals surface area (Å²) in [5, 5.41) is 13.2. The number of nitriles is 1. The van der Waals surface area contributed by atoms with Crippen molar-refractivity contribution in [2.24, 2.45) is 0 Å². The molecule has 2 aromatic heterocycles. The molecular formula is C18H11N5. The van der Waals surface area contributed by atoms with Gasteiger partial charge in [-0.25, -0.2) is 9.67 Å². The Labute approximate surface area is 132 Å². The van der Waals surface area contributed by atoms with Crippen LogP contribution in [-0.4, -0.2) is 19.7 Å². The standard InChI is InChI=1S/C18H11N5/c19-9-13-5-7-15(8-6-13)23-12-14(10-21-23)18-11-20-16-3-1-2-4-17(16)22-18/h1-8,10-12H. The van der Waals surface area contributed by atoms with Crippen molar-refractivity contribution in [2.75, 3.05) is 0 Å². The Balaban J connectivity index is 1.72. The van der Waals surface area contributed by atoms with Crippen molar-refractivity contribution in [1.82, 2.24) is 19.7 Å². The van der Waals surface area contributed by atoms with Crippen molar-refractivity contribution < 1.29 is 0 Å². The van der Waals surface area contributed by atoms with Gasteiger partial charge < -0.3 is 0 Å². The lowest BCUT2D eigenvalue weighted by molar-refractivity contribution is 0.880. The molecule has 0 aliphatic heterocycles. The molecule has 0 amide bonds. The minimum atomic E-state index is 0.626. The average Bonchev–Trinajstić information content (AvgIpc) is 3.11. The van der Waals surface area contributed by atoms with Gasteiger partial charge in [-0.3, -0.25) is 4.98 Å². The maximum Gasteiger partial charge on any atom is 0.0991 e. The third kappa shape index (κ3) is 2.43. The van der Waals surface area contributed by atoms with Gasteiger partial charge in [0.05, 0.1) is 46.4 Å². The minimum absolute atomic E-state index is 0.626. The number of fused-ring (bicyclic) bond motifs is 1. The van der Waals surface area contributed by atoms with Crippen LogP contribution in [0.3, 0.4) is 0 Å². The molecule has 108 valence electrons. The van der Waals surface area contributed by atoms with E-state index in [4.69, 9.17) is 5.26 Å². The second kappa shape index (κ2) is 5.35. The summed E-state index contributed by atoms with van der Waals surface area (Å²) in [4.78, 5) is 9.05. The minimum Gasteiger partial charge on any atom is -0.252 e. The van der Waals surface area contributed by atoms with E-state index in [1.807, 2.05) is 42.6 Å². The third-order valence-electron chi connectivity index (χ3n) is 3.59. The molecule has 0 spiro atoms. The highest BCUT2D eigenvalue weighted by Gasteiger charge is 2.06.